The first-order valence-electron chi connectivity index (χ1n) is 8.52. The van der Waals surface area contributed by atoms with E-state index in [0.29, 0.717) is 24.2 Å². The number of ether oxygens (including phenoxy) is 1. The van der Waals surface area contributed by atoms with Crippen LogP contribution in [0, 0.1) is 24.1 Å². The highest BCUT2D eigenvalue weighted by atomic mass is 19.1. The van der Waals surface area contributed by atoms with Gasteiger partial charge in [0, 0.05) is 25.1 Å². The maximum atomic E-state index is 14.0. The first-order chi connectivity index (χ1) is 11.7. The quantitative estimate of drug-likeness (QED) is 0.913. The highest BCUT2D eigenvalue weighted by Crippen LogP contribution is 2.47. The number of methoxy groups -OCH3 is 1. The van der Waals surface area contributed by atoms with Gasteiger partial charge in [-0.3, -0.25) is 9.79 Å². The molecular formula is C19H25FN2O3. The zero-order valence-electron chi connectivity index (χ0n) is 15.4. The minimum absolute atomic E-state index is 0.170. The lowest BCUT2D eigenvalue weighted by Gasteiger charge is -2.36. The molecule has 1 aromatic rings. The van der Waals surface area contributed by atoms with Crippen molar-refractivity contribution in [2.24, 2.45) is 16.3 Å². The number of carbonyl (C=O) groups excluding carboxylic acids is 1. The lowest BCUT2D eigenvalue weighted by molar-refractivity contribution is -0.152. The second-order valence-corrected chi connectivity index (χ2v) is 7.62. The number of aliphatic imine (C=N–C) groups is 1. The Morgan fingerprint density at radius 1 is 1.48 bits per heavy atom. The summed E-state index contributed by atoms with van der Waals surface area (Å²) in [5.74, 6) is -0.969. The molecule has 0 bridgehead atoms. The predicted octanol–water partition coefficient (Wildman–Crippen LogP) is 2.60. The molecule has 1 saturated heterocycles. The number of aliphatic hydroxyl groups excluding tert-OH is 1. The normalized spacial score (nSPS) is 29.1. The van der Waals surface area contributed by atoms with E-state index in [0.717, 1.165) is 11.3 Å². The van der Waals surface area contributed by atoms with Crippen molar-refractivity contribution in [1.29, 1.82) is 0 Å². The van der Waals surface area contributed by atoms with Gasteiger partial charge in [-0.1, -0.05) is 19.9 Å². The Hall–Kier alpha value is -1.79. The number of benzene rings is 1. The molecule has 1 amide bonds. The number of fused-ring (bicyclic) bond motifs is 2. The van der Waals surface area contributed by atoms with Crippen molar-refractivity contribution < 1.29 is 19.0 Å². The summed E-state index contributed by atoms with van der Waals surface area (Å²) in [4.78, 5) is 19.2. The zero-order chi connectivity index (χ0) is 18.6. The van der Waals surface area contributed by atoms with Gasteiger partial charge in [-0.2, -0.15) is 0 Å². The van der Waals surface area contributed by atoms with Crippen molar-refractivity contribution in [2.75, 3.05) is 20.3 Å². The summed E-state index contributed by atoms with van der Waals surface area (Å²) in [7, 11) is 1.55. The fourth-order valence-corrected chi connectivity index (χ4v) is 4.00. The molecule has 136 valence electrons. The monoisotopic (exact) mass is 348 g/mol. The van der Waals surface area contributed by atoms with Gasteiger partial charge in [-0.15, -0.1) is 0 Å². The molecule has 0 aliphatic carbocycles. The minimum Gasteiger partial charge on any atom is -0.396 e. The number of aryl methyl sites for hydroxylation is 1. The van der Waals surface area contributed by atoms with Gasteiger partial charge < -0.3 is 14.7 Å². The molecule has 2 aliphatic heterocycles. The number of rotatable bonds is 3. The van der Waals surface area contributed by atoms with Crippen LogP contribution in [0.15, 0.2) is 17.1 Å². The van der Waals surface area contributed by atoms with Crippen LogP contribution < -0.4 is 0 Å². The van der Waals surface area contributed by atoms with E-state index in [4.69, 9.17) is 9.73 Å². The molecule has 2 heterocycles. The van der Waals surface area contributed by atoms with Crippen molar-refractivity contribution in [1.82, 2.24) is 4.90 Å². The maximum absolute atomic E-state index is 14.0. The van der Waals surface area contributed by atoms with Gasteiger partial charge >= 0.3 is 0 Å². The van der Waals surface area contributed by atoms with Gasteiger partial charge in [0.05, 0.1) is 23.9 Å². The number of nitrogens with zero attached hydrogens (tertiary/aromatic N) is 2. The van der Waals surface area contributed by atoms with Crippen LogP contribution in [-0.2, 0) is 16.0 Å². The summed E-state index contributed by atoms with van der Waals surface area (Å²) in [6.07, 6.45) is 0.665. The van der Waals surface area contributed by atoms with Crippen molar-refractivity contribution in [3.05, 3.63) is 29.1 Å². The SMILES string of the molecule is COC1(C)C2=Nc3cc(F)c(C)cc3CC2(C)CN1C(=O)C(C)CO. The van der Waals surface area contributed by atoms with E-state index in [1.807, 2.05) is 13.0 Å². The van der Waals surface area contributed by atoms with Gasteiger partial charge in [0.25, 0.3) is 0 Å². The summed E-state index contributed by atoms with van der Waals surface area (Å²) in [5.41, 5.74) is 1.52. The molecule has 0 spiro atoms. The second kappa shape index (κ2) is 5.88. The average Bonchev–Trinajstić information content (AvgIpc) is 2.81. The smallest absolute Gasteiger partial charge is 0.230 e. The third-order valence-corrected chi connectivity index (χ3v) is 5.56. The van der Waals surface area contributed by atoms with Crippen molar-refractivity contribution in [3.8, 4) is 0 Å². The zero-order valence-corrected chi connectivity index (χ0v) is 15.4. The van der Waals surface area contributed by atoms with Crippen LogP contribution >= 0.6 is 0 Å². The van der Waals surface area contributed by atoms with Gasteiger partial charge in [0.15, 0.2) is 5.72 Å². The molecule has 3 unspecified atom stereocenters. The number of hydrogen-bond acceptors (Lipinski definition) is 4. The molecule has 0 radical (unpaired) electrons. The Balaban J connectivity index is 2.11. The van der Waals surface area contributed by atoms with Gasteiger partial charge in [-0.25, -0.2) is 4.39 Å². The Kier molecular flexibility index (Phi) is 4.24. The third-order valence-electron chi connectivity index (χ3n) is 5.56. The fraction of sp³-hybridized carbons (Fsp3) is 0.579. The summed E-state index contributed by atoms with van der Waals surface area (Å²) >= 11 is 0. The third kappa shape index (κ3) is 2.59. The lowest BCUT2D eigenvalue weighted by atomic mass is 9.76. The fourth-order valence-electron chi connectivity index (χ4n) is 4.00. The van der Waals surface area contributed by atoms with Crippen LogP contribution in [0.1, 0.15) is 31.9 Å². The molecule has 0 aromatic heterocycles. The van der Waals surface area contributed by atoms with Crippen LogP contribution in [0.5, 0.6) is 0 Å². The number of aliphatic hydroxyl groups is 1. The van der Waals surface area contributed by atoms with Crippen molar-refractivity contribution >= 4 is 17.3 Å². The van der Waals surface area contributed by atoms with Gasteiger partial charge in [0.2, 0.25) is 5.91 Å². The van der Waals surface area contributed by atoms with Crippen molar-refractivity contribution in [3.63, 3.8) is 0 Å². The van der Waals surface area contributed by atoms with E-state index in [1.54, 1.807) is 25.9 Å². The molecule has 0 saturated carbocycles. The van der Waals surface area contributed by atoms with Gasteiger partial charge in [-0.05, 0) is 31.4 Å². The molecule has 2 aliphatic rings. The Bertz CT molecular complexity index is 763. The maximum Gasteiger partial charge on any atom is 0.230 e. The first-order valence-corrected chi connectivity index (χ1v) is 8.52. The standard InChI is InChI=1S/C19H25FN2O3/c1-11-6-13-8-18(3)10-22(16(24)12(2)9-23)19(4,25-5)17(18)21-15(13)7-14(11)20/h6-7,12,23H,8-10H2,1-5H3. The molecule has 1 aromatic carbocycles. The van der Waals surface area contributed by atoms with Crippen LogP contribution in [0.2, 0.25) is 0 Å². The Morgan fingerprint density at radius 2 is 2.16 bits per heavy atom. The molecule has 3 rings (SSSR count). The lowest BCUT2D eigenvalue weighted by Crippen LogP contribution is -2.52. The molecule has 6 heteroatoms. The number of amides is 1. The van der Waals surface area contributed by atoms with Crippen LogP contribution in [-0.4, -0.2) is 47.6 Å². The first kappa shape index (κ1) is 18.0. The summed E-state index contributed by atoms with van der Waals surface area (Å²) < 4.78 is 19.7. The number of hydrogen-bond donors (Lipinski definition) is 1. The van der Waals surface area contributed by atoms with Crippen LogP contribution in [0.3, 0.4) is 0 Å². The highest BCUT2D eigenvalue weighted by molar-refractivity contribution is 6.05. The van der Waals surface area contributed by atoms with E-state index < -0.39 is 11.6 Å². The summed E-state index contributed by atoms with van der Waals surface area (Å²) in [6.45, 7) is 7.54. The molecular weight excluding hydrogens is 323 g/mol. The molecule has 3 atom stereocenters. The highest BCUT2D eigenvalue weighted by Gasteiger charge is 2.58. The predicted molar refractivity (Wildman–Crippen MR) is 93.4 cm³/mol. The van der Waals surface area contributed by atoms with Crippen molar-refractivity contribution in [2.45, 2.75) is 39.8 Å². The molecule has 25 heavy (non-hydrogen) atoms. The summed E-state index contributed by atoms with van der Waals surface area (Å²) in [6, 6.07) is 3.29. The Morgan fingerprint density at radius 3 is 2.76 bits per heavy atom. The number of carbonyl (C=O) groups is 1. The molecule has 1 fully saturated rings. The van der Waals surface area contributed by atoms with E-state index in [-0.39, 0.29) is 23.7 Å². The van der Waals surface area contributed by atoms with Gasteiger partial charge in [0.1, 0.15) is 5.82 Å². The summed E-state index contributed by atoms with van der Waals surface area (Å²) in [5, 5.41) is 9.37. The second-order valence-electron chi connectivity index (χ2n) is 7.62. The number of halogens is 1. The molecule has 5 nitrogen and oxygen atoms in total. The molecule has 1 N–H and O–H groups in total. The van der Waals surface area contributed by atoms with Crippen LogP contribution in [0.4, 0.5) is 10.1 Å². The topological polar surface area (TPSA) is 62.1 Å². The Labute approximate surface area is 147 Å². The minimum atomic E-state index is -1.01. The van der Waals surface area contributed by atoms with E-state index in [2.05, 4.69) is 6.92 Å². The van der Waals surface area contributed by atoms with E-state index in [1.165, 1.54) is 6.07 Å². The average molecular weight is 348 g/mol. The van der Waals surface area contributed by atoms with Crippen LogP contribution in [0.25, 0.3) is 0 Å². The van der Waals surface area contributed by atoms with E-state index >= 15 is 0 Å². The number of likely N-dealkylation sites (tertiary alicyclic amines) is 1. The van der Waals surface area contributed by atoms with E-state index in [9.17, 15) is 14.3 Å². The largest absolute Gasteiger partial charge is 0.396 e.